The second-order valence-electron chi connectivity index (χ2n) is 4.75. The fourth-order valence-corrected chi connectivity index (χ4v) is 2.03. The number of aliphatic hydroxyl groups is 1. The first-order chi connectivity index (χ1) is 6.55. The zero-order valence-corrected chi connectivity index (χ0v) is 9.71. The molecule has 0 spiro atoms. The van der Waals surface area contributed by atoms with E-state index in [2.05, 4.69) is 17.3 Å². The van der Waals surface area contributed by atoms with Gasteiger partial charge in [0.25, 0.3) is 0 Å². The first kappa shape index (κ1) is 12.0. The Balaban J connectivity index is 2.36. The zero-order valence-electron chi connectivity index (χ0n) is 9.71. The van der Waals surface area contributed by atoms with Crippen molar-refractivity contribution in [2.75, 3.05) is 26.7 Å². The van der Waals surface area contributed by atoms with E-state index < -0.39 is 5.60 Å². The molecule has 2 N–H and O–H groups in total. The Morgan fingerprint density at radius 2 is 2.00 bits per heavy atom. The lowest BCUT2D eigenvalue weighted by molar-refractivity contribution is 0.00821. The predicted molar refractivity (Wildman–Crippen MR) is 59.4 cm³/mol. The lowest BCUT2D eigenvalue weighted by atomic mass is 9.99. The second kappa shape index (κ2) is 5.10. The summed E-state index contributed by atoms with van der Waals surface area (Å²) in [6, 6.07) is 0.647. The van der Waals surface area contributed by atoms with Gasteiger partial charge in [-0.2, -0.15) is 0 Å². The fraction of sp³-hybridized carbons (Fsp3) is 1.00. The quantitative estimate of drug-likeness (QED) is 0.705. The molecule has 1 atom stereocenters. The zero-order chi connectivity index (χ0) is 10.6. The molecule has 14 heavy (non-hydrogen) atoms. The highest BCUT2D eigenvalue weighted by molar-refractivity contribution is 4.81. The second-order valence-corrected chi connectivity index (χ2v) is 4.75. The maximum Gasteiger partial charge on any atom is 0.0743 e. The molecule has 0 aliphatic carbocycles. The minimum Gasteiger partial charge on any atom is -0.389 e. The number of likely N-dealkylation sites (N-methyl/N-ethyl adjacent to an activating group) is 1. The normalized spacial score (nSPS) is 23.8. The van der Waals surface area contributed by atoms with Gasteiger partial charge in [0, 0.05) is 12.6 Å². The van der Waals surface area contributed by atoms with Crippen LogP contribution in [0.2, 0.25) is 0 Å². The van der Waals surface area contributed by atoms with Gasteiger partial charge in [0.05, 0.1) is 5.60 Å². The van der Waals surface area contributed by atoms with Gasteiger partial charge in [0.2, 0.25) is 0 Å². The molecule has 1 rings (SSSR count). The smallest absolute Gasteiger partial charge is 0.0743 e. The average molecular weight is 200 g/mol. The van der Waals surface area contributed by atoms with Crippen LogP contribution in [0.5, 0.6) is 0 Å². The van der Waals surface area contributed by atoms with E-state index in [-0.39, 0.29) is 0 Å². The van der Waals surface area contributed by atoms with E-state index in [4.69, 9.17) is 0 Å². The van der Waals surface area contributed by atoms with Gasteiger partial charge in [0.1, 0.15) is 0 Å². The Labute approximate surface area is 87.5 Å². The van der Waals surface area contributed by atoms with Gasteiger partial charge in [-0.15, -0.1) is 0 Å². The topological polar surface area (TPSA) is 35.5 Å². The number of hydrogen-bond acceptors (Lipinski definition) is 3. The molecule has 1 unspecified atom stereocenters. The van der Waals surface area contributed by atoms with Gasteiger partial charge in [-0.3, -0.25) is 0 Å². The molecule has 3 heteroatoms. The maximum atomic E-state index is 9.97. The van der Waals surface area contributed by atoms with Crippen molar-refractivity contribution in [2.24, 2.45) is 0 Å². The average Bonchev–Trinajstić information content (AvgIpc) is 2.19. The third kappa shape index (κ3) is 3.56. The summed E-state index contributed by atoms with van der Waals surface area (Å²) in [5, 5.41) is 13.3. The molecule has 0 radical (unpaired) electrons. The number of hydrogen-bond donors (Lipinski definition) is 2. The van der Waals surface area contributed by atoms with Crippen LogP contribution in [0.15, 0.2) is 0 Å². The minimum absolute atomic E-state index is 0.528. The molecule has 3 nitrogen and oxygen atoms in total. The Hall–Kier alpha value is -0.120. The molecule has 1 aliphatic heterocycles. The van der Waals surface area contributed by atoms with Crippen LogP contribution < -0.4 is 5.32 Å². The molecular formula is C11H24N2O. The summed E-state index contributed by atoms with van der Waals surface area (Å²) >= 11 is 0. The van der Waals surface area contributed by atoms with E-state index in [1.54, 1.807) is 0 Å². The van der Waals surface area contributed by atoms with E-state index in [9.17, 15) is 5.11 Å². The number of piperidine rings is 1. The highest BCUT2D eigenvalue weighted by Gasteiger charge is 2.25. The number of nitrogens with zero attached hydrogens (tertiary/aromatic N) is 1. The Bertz CT molecular complexity index is 165. The van der Waals surface area contributed by atoms with Gasteiger partial charge in [-0.25, -0.2) is 0 Å². The minimum atomic E-state index is -0.528. The van der Waals surface area contributed by atoms with Crippen molar-refractivity contribution in [3.8, 4) is 0 Å². The van der Waals surface area contributed by atoms with E-state index in [0.29, 0.717) is 6.04 Å². The van der Waals surface area contributed by atoms with Crippen LogP contribution in [-0.4, -0.2) is 48.3 Å². The molecule has 0 bridgehead atoms. The molecule has 1 aliphatic rings. The van der Waals surface area contributed by atoms with E-state index >= 15 is 0 Å². The van der Waals surface area contributed by atoms with E-state index in [0.717, 1.165) is 26.1 Å². The van der Waals surface area contributed by atoms with E-state index in [1.807, 2.05) is 13.8 Å². The molecule has 0 amide bonds. The maximum absolute atomic E-state index is 9.97. The van der Waals surface area contributed by atoms with Crippen molar-refractivity contribution in [1.82, 2.24) is 10.2 Å². The SMILES string of the molecule is CCC(C)(O)CN(C)C1CCNCC1. The van der Waals surface area contributed by atoms with Crippen LogP contribution in [-0.2, 0) is 0 Å². The Morgan fingerprint density at radius 1 is 1.43 bits per heavy atom. The van der Waals surface area contributed by atoms with Gasteiger partial charge in [-0.05, 0) is 46.3 Å². The third-order valence-corrected chi connectivity index (χ3v) is 3.28. The summed E-state index contributed by atoms with van der Waals surface area (Å²) in [5.74, 6) is 0. The van der Waals surface area contributed by atoms with Crippen molar-refractivity contribution in [1.29, 1.82) is 0 Å². The first-order valence-electron chi connectivity index (χ1n) is 5.68. The van der Waals surface area contributed by atoms with E-state index in [1.165, 1.54) is 12.8 Å². The predicted octanol–water partition coefficient (Wildman–Crippen LogP) is 0.831. The summed E-state index contributed by atoms with van der Waals surface area (Å²) in [6.07, 6.45) is 3.23. The number of rotatable bonds is 4. The fourth-order valence-electron chi connectivity index (χ4n) is 2.03. The van der Waals surface area contributed by atoms with Crippen LogP contribution in [0.4, 0.5) is 0 Å². The van der Waals surface area contributed by atoms with Crippen molar-refractivity contribution in [3.63, 3.8) is 0 Å². The Kier molecular flexibility index (Phi) is 4.35. The molecule has 0 aromatic rings. The molecule has 1 fully saturated rings. The van der Waals surface area contributed by atoms with Crippen molar-refractivity contribution >= 4 is 0 Å². The van der Waals surface area contributed by atoms with Crippen LogP contribution in [0.3, 0.4) is 0 Å². The number of nitrogens with one attached hydrogen (secondary N) is 1. The molecule has 0 aromatic carbocycles. The molecule has 1 saturated heterocycles. The van der Waals surface area contributed by atoms with Crippen molar-refractivity contribution in [2.45, 2.75) is 44.8 Å². The lowest BCUT2D eigenvalue weighted by Gasteiger charge is -2.36. The molecule has 1 heterocycles. The summed E-state index contributed by atoms with van der Waals surface area (Å²) in [6.45, 7) is 6.97. The van der Waals surface area contributed by atoms with Gasteiger partial charge in [-0.1, -0.05) is 6.92 Å². The molecule has 84 valence electrons. The highest BCUT2D eigenvalue weighted by atomic mass is 16.3. The highest BCUT2D eigenvalue weighted by Crippen LogP contribution is 2.15. The van der Waals surface area contributed by atoms with Crippen molar-refractivity contribution in [3.05, 3.63) is 0 Å². The first-order valence-corrected chi connectivity index (χ1v) is 5.68. The molecule has 0 saturated carbocycles. The standard InChI is InChI=1S/C11H24N2O/c1-4-11(2,14)9-13(3)10-5-7-12-8-6-10/h10,12,14H,4-9H2,1-3H3. The monoisotopic (exact) mass is 200 g/mol. The molecular weight excluding hydrogens is 176 g/mol. The van der Waals surface area contributed by atoms with Crippen LogP contribution in [0, 0.1) is 0 Å². The summed E-state index contributed by atoms with van der Waals surface area (Å²) in [4.78, 5) is 2.31. The van der Waals surface area contributed by atoms with Gasteiger partial charge >= 0.3 is 0 Å². The summed E-state index contributed by atoms with van der Waals surface area (Å²) in [5.41, 5.74) is -0.528. The van der Waals surface area contributed by atoms with Crippen LogP contribution >= 0.6 is 0 Å². The molecule has 0 aromatic heterocycles. The summed E-state index contributed by atoms with van der Waals surface area (Å²) in [7, 11) is 2.13. The largest absolute Gasteiger partial charge is 0.389 e. The van der Waals surface area contributed by atoms with Crippen LogP contribution in [0.1, 0.15) is 33.1 Å². The van der Waals surface area contributed by atoms with Gasteiger partial charge < -0.3 is 15.3 Å². The third-order valence-electron chi connectivity index (χ3n) is 3.28. The summed E-state index contributed by atoms with van der Waals surface area (Å²) < 4.78 is 0. The lowest BCUT2D eigenvalue weighted by Crippen LogP contribution is -2.47. The van der Waals surface area contributed by atoms with Crippen LogP contribution in [0.25, 0.3) is 0 Å². The van der Waals surface area contributed by atoms with Gasteiger partial charge in [0.15, 0.2) is 0 Å². The van der Waals surface area contributed by atoms with Crippen molar-refractivity contribution < 1.29 is 5.11 Å². The Morgan fingerprint density at radius 3 is 2.50 bits per heavy atom.